The molecule has 0 aliphatic carbocycles. The third kappa shape index (κ3) is 4.72. The second kappa shape index (κ2) is 9.03. The van der Waals surface area contributed by atoms with E-state index in [0.717, 1.165) is 17.9 Å². The van der Waals surface area contributed by atoms with Gasteiger partial charge in [-0.2, -0.15) is 0 Å². The van der Waals surface area contributed by atoms with Gasteiger partial charge in [0.2, 0.25) is 0 Å². The average molecular weight is 299 g/mol. The Bertz CT molecular complexity index is 575. The first kappa shape index (κ1) is 16.3. The van der Waals surface area contributed by atoms with Gasteiger partial charge in [0.05, 0.1) is 12.1 Å². The number of nitrogens with zero attached hydrogens (tertiary/aromatic N) is 3. The molecule has 1 aromatic heterocycles. The Hall–Kier alpha value is -2.10. The van der Waals surface area contributed by atoms with E-state index in [9.17, 15) is 5.21 Å². The van der Waals surface area contributed by atoms with E-state index < -0.39 is 0 Å². The van der Waals surface area contributed by atoms with E-state index in [1.807, 2.05) is 42.7 Å². The Morgan fingerprint density at radius 2 is 1.91 bits per heavy atom. The van der Waals surface area contributed by atoms with E-state index in [4.69, 9.17) is 0 Å². The van der Waals surface area contributed by atoms with Crippen molar-refractivity contribution in [2.45, 2.75) is 52.0 Å². The smallest absolute Gasteiger partial charge is 0.114 e. The molecule has 0 aliphatic rings. The lowest BCUT2D eigenvalue weighted by Gasteiger charge is -2.09. The Balaban J connectivity index is 1.94. The number of aryl methyl sites for hydroxylation is 1. The fraction of sp³-hybridized carbons (Fsp3) is 0.444. The van der Waals surface area contributed by atoms with Gasteiger partial charge in [-0.05, 0) is 12.0 Å². The molecule has 1 heterocycles. The van der Waals surface area contributed by atoms with Crippen molar-refractivity contribution in [2.75, 3.05) is 0 Å². The van der Waals surface area contributed by atoms with Crippen LogP contribution in [0.2, 0.25) is 0 Å². The fourth-order valence-corrected chi connectivity index (χ4v) is 2.57. The largest absolute Gasteiger partial charge is 0.411 e. The Morgan fingerprint density at radius 1 is 1.14 bits per heavy atom. The molecule has 1 N–H and O–H groups in total. The minimum absolute atomic E-state index is 0.544. The van der Waals surface area contributed by atoms with Crippen LogP contribution in [0.15, 0.2) is 47.9 Å². The second-order valence-electron chi connectivity index (χ2n) is 5.54. The standard InChI is InChI=1S/C18H25N3O/c1-2-3-4-5-9-13-21-14-12-19-18(21)15-17(20-22)16-10-7-6-8-11-16/h6-8,10-12,14,22H,2-5,9,13,15H2,1H3/b20-17+. The molecule has 0 aliphatic heterocycles. The van der Waals surface area contributed by atoms with Crippen LogP contribution in [0.5, 0.6) is 0 Å². The van der Waals surface area contributed by atoms with Gasteiger partial charge >= 0.3 is 0 Å². The van der Waals surface area contributed by atoms with Crippen molar-refractivity contribution in [1.29, 1.82) is 0 Å². The van der Waals surface area contributed by atoms with Crippen LogP contribution < -0.4 is 0 Å². The van der Waals surface area contributed by atoms with E-state index in [1.165, 1.54) is 32.1 Å². The molecule has 0 unspecified atom stereocenters. The number of oxime groups is 1. The van der Waals surface area contributed by atoms with Gasteiger partial charge in [-0.3, -0.25) is 0 Å². The first-order chi connectivity index (χ1) is 10.8. The summed E-state index contributed by atoms with van der Waals surface area (Å²) in [6, 6.07) is 9.75. The first-order valence-electron chi connectivity index (χ1n) is 8.11. The van der Waals surface area contributed by atoms with Gasteiger partial charge in [-0.1, -0.05) is 68.1 Å². The molecule has 0 bridgehead atoms. The summed E-state index contributed by atoms with van der Waals surface area (Å²) in [4.78, 5) is 4.42. The van der Waals surface area contributed by atoms with Crippen molar-refractivity contribution >= 4 is 5.71 Å². The number of hydrogen-bond donors (Lipinski definition) is 1. The van der Waals surface area contributed by atoms with Gasteiger partial charge in [0.15, 0.2) is 0 Å². The van der Waals surface area contributed by atoms with Crippen molar-refractivity contribution in [3.63, 3.8) is 0 Å². The number of hydrogen-bond acceptors (Lipinski definition) is 3. The van der Waals surface area contributed by atoms with Crippen LogP contribution >= 0.6 is 0 Å². The summed E-state index contributed by atoms with van der Waals surface area (Å²) in [5, 5.41) is 12.8. The van der Waals surface area contributed by atoms with Crippen molar-refractivity contribution in [1.82, 2.24) is 9.55 Å². The number of aromatic nitrogens is 2. The maximum absolute atomic E-state index is 9.29. The average Bonchev–Trinajstić information content (AvgIpc) is 3.00. The lowest BCUT2D eigenvalue weighted by molar-refractivity contribution is 0.318. The topological polar surface area (TPSA) is 50.4 Å². The van der Waals surface area contributed by atoms with Crippen molar-refractivity contribution in [3.8, 4) is 0 Å². The molecular formula is C18H25N3O. The van der Waals surface area contributed by atoms with Gasteiger partial charge < -0.3 is 9.77 Å². The molecule has 0 spiro atoms. The van der Waals surface area contributed by atoms with Crippen molar-refractivity contribution in [3.05, 3.63) is 54.1 Å². The Kier molecular flexibility index (Phi) is 6.68. The van der Waals surface area contributed by atoms with Gasteiger partial charge in [0, 0.05) is 18.9 Å². The molecule has 0 radical (unpaired) electrons. The van der Waals surface area contributed by atoms with Gasteiger partial charge in [0.25, 0.3) is 0 Å². The molecule has 2 rings (SSSR count). The van der Waals surface area contributed by atoms with E-state index in [0.29, 0.717) is 12.1 Å². The van der Waals surface area contributed by atoms with E-state index in [2.05, 4.69) is 21.6 Å². The highest BCUT2D eigenvalue weighted by Crippen LogP contribution is 2.10. The van der Waals surface area contributed by atoms with E-state index in [-0.39, 0.29) is 0 Å². The summed E-state index contributed by atoms with van der Waals surface area (Å²) >= 11 is 0. The van der Waals surface area contributed by atoms with Crippen LogP contribution in [0.3, 0.4) is 0 Å². The molecule has 0 fully saturated rings. The van der Waals surface area contributed by atoms with Gasteiger partial charge in [-0.15, -0.1) is 0 Å². The zero-order valence-corrected chi connectivity index (χ0v) is 13.3. The molecule has 22 heavy (non-hydrogen) atoms. The maximum Gasteiger partial charge on any atom is 0.114 e. The van der Waals surface area contributed by atoms with Crippen LogP contribution in [0.1, 0.15) is 50.4 Å². The summed E-state index contributed by atoms with van der Waals surface area (Å²) in [7, 11) is 0. The van der Waals surface area contributed by atoms with Crippen LogP contribution in [-0.4, -0.2) is 20.5 Å². The van der Waals surface area contributed by atoms with Crippen LogP contribution in [-0.2, 0) is 13.0 Å². The first-order valence-corrected chi connectivity index (χ1v) is 8.11. The molecule has 4 heteroatoms. The number of unbranched alkanes of at least 4 members (excludes halogenated alkanes) is 4. The minimum Gasteiger partial charge on any atom is -0.411 e. The SMILES string of the molecule is CCCCCCCn1ccnc1C/C(=N\O)c1ccccc1. The summed E-state index contributed by atoms with van der Waals surface area (Å²) in [5.74, 6) is 0.951. The van der Waals surface area contributed by atoms with E-state index in [1.54, 1.807) is 0 Å². The third-order valence-electron chi connectivity index (χ3n) is 3.86. The number of imidazole rings is 1. The Labute approximate surface area is 132 Å². The molecule has 0 amide bonds. The summed E-state index contributed by atoms with van der Waals surface area (Å²) in [6.45, 7) is 3.21. The van der Waals surface area contributed by atoms with Crippen LogP contribution in [0.4, 0.5) is 0 Å². The highest BCUT2D eigenvalue weighted by atomic mass is 16.4. The molecule has 118 valence electrons. The molecule has 2 aromatic rings. The minimum atomic E-state index is 0.544. The summed E-state index contributed by atoms with van der Waals surface area (Å²) in [5.41, 5.74) is 1.58. The van der Waals surface area contributed by atoms with Gasteiger partial charge in [0.1, 0.15) is 5.82 Å². The zero-order valence-electron chi connectivity index (χ0n) is 13.3. The molecule has 1 aromatic carbocycles. The van der Waals surface area contributed by atoms with Crippen LogP contribution in [0.25, 0.3) is 0 Å². The number of benzene rings is 1. The predicted octanol–water partition coefficient (Wildman–Crippen LogP) is 4.27. The molecule has 0 saturated carbocycles. The lowest BCUT2D eigenvalue weighted by Crippen LogP contribution is -2.11. The van der Waals surface area contributed by atoms with Crippen molar-refractivity contribution in [2.24, 2.45) is 5.16 Å². The molecule has 4 nitrogen and oxygen atoms in total. The predicted molar refractivity (Wildman–Crippen MR) is 89.5 cm³/mol. The van der Waals surface area contributed by atoms with Crippen molar-refractivity contribution < 1.29 is 5.21 Å². The number of rotatable bonds is 9. The van der Waals surface area contributed by atoms with E-state index >= 15 is 0 Å². The second-order valence-corrected chi connectivity index (χ2v) is 5.54. The normalized spacial score (nSPS) is 11.8. The molecule has 0 atom stereocenters. The molecule has 0 saturated heterocycles. The van der Waals surface area contributed by atoms with Crippen LogP contribution in [0, 0.1) is 0 Å². The Morgan fingerprint density at radius 3 is 2.64 bits per heavy atom. The lowest BCUT2D eigenvalue weighted by atomic mass is 10.1. The molecular weight excluding hydrogens is 274 g/mol. The maximum atomic E-state index is 9.29. The third-order valence-corrected chi connectivity index (χ3v) is 3.86. The summed E-state index contributed by atoms with van der Waals surface area (Å²) < 4.78 is 2.17. The van der Waals surface area contributed by atoms with Gasteiger partial charge in [-0.25, -0.2) is 4.98 Å². The fourth-order valence-electron chi connectivity index (χ4n) is 2.57. The monoisotopic (exact) mass is 299 g/mol. The highest BCUT2D eigenvalue weighted by molar-refractivity contribution is 6.01. The quantitative estimate of drug-likeness (QED) is 0.325. The summed E-state index contributed by atoms with van der Waals surface area (Å²) in [6.07, 6.45) is 10.7. The zero-order chi connectivity index (χ0) is 15.6. The highest BCUT2D eigenvalue weighted by Gasteiger charge is 2.10.